The van der Waals surface area contributed by atoms with Gasteiger partial charge >= 0.3 is 0 Å². The van der Waals surface area contributed by atoms with Crippen LogP contribution in [0.25, 0.3) is 0 Å². The minimum atomic E-state index is -1.90. The zero-order valence-electron chi connectivity index (χ0n) is 8.33. The number of rotatable bonds is 8. The Morgan fingerprint density at radius 1 is 0.765 bits per heavy atom. The molecule has 0 heterocycles. The molecule has 0 aliphatic heterocycles. The van der Waals surface area contributed by atoms with Crippen molar-refractivity contribution >= 4 is 23.9 Å². The number of nitrogens with one attached hydrogen (secondary N) is 1. The summed E-state index contributed by atoms with van der Waals surface area (Å²) in [5.41, 5.74) is 0. The van der Waals surface area contributed by atoms with E-state index in [1.54, 1.807) is 5.32 Å². The van der Waals surface area contributed by atoms with E-state index in [-0.39, 0.29) is 0 Å². The lowest BCUT2D eigenvalue weighted by atomic mass is 10.1. The summed E-state index contributed by atoms with van der Waals surface area (Å²) in [6.07, 6.45) is -2.14. The largest absolute Gasteiger partial charge is 0.550 e. The monoisotopic (exact) mass is 245 g/mol. The summed E-state index contributed by atoms with van der Waals surface area (Å²) >= 11 is 0. The van der Waals surface area contributed by atoms with Crippen LogP contribution in [0.4, 0.5) is 0 Å². The Morgan fingerprint density at radius 2 is 1.06 bits per heavy atom. The van der Waals surface area contributed by atoms with Crippen LogP contribution in [0.3, 0.4) is 0 Å². The predicted molar refractivity (Wildman–Crippen MR) is 40.0 cm³/mol. The van der Waals surface area contributed by atoms with Gasteiger partial charge in [0.15, 0.2) is 0 Å². The minimum absolute atomic E-state index is 1.07. The maximum absolute atomic E-state index is 10.4. The molecule has 0 aliphatic rings. The van der Waals surface area contributed by atoms with Crippen molar-refractivity contribution in [3.8, 4) is 0 Å². The summed E-state index contributed by atoms with van der Waals surface area (Å²) in [5.74, 6) is -7.34. The summed E-state index contributed by atoms with van der Waals surface area (Å²) in [7, 11) is 0. The third kappa shape index (κ3) is 6.10. The molecular weight excluding hydrogens is 238 g/mol. The quantitative estimate of drug-likeness (QED) is 0.435. The Bertz CT molecular complexity index is 306. The maximum atomic E-state index is 10.4. The summed E-state index contributed by atoms with van der Waals surface area (Å²) < 4.78 is 0. The third-order valence-electron chi connectivity index (χ3n) is 1.71. The highest BCUT2D eigenvalue weighted by Crippen LogP contribution is 1.96. The van der Waals surface area contributed by atoms with Gasteiger partial charge in [0.1, 0.15) is 0 Å². The van der Waals surface area contributed by atoms with Gasteiger partial charge in [-0.15, -0.1) is 0 Å². The van der Waals surface area contributed by atoms with Gasteiger partial charge in [0.2, 0.25) is 0 Å². The number of carboxylic acids is 4. The van der Waals surface area contributed by atoms with Crippen LogP contribution in [0.1, 0.15) is 12.8 Å². The lowest BCUT2D eigenvalue weighted by molar-refractivity contribution is -0.322. The van der Waals surface area contributed by atoms with Gasteiger partial charge in [-0.05, 0) is 0 Å². The molecule has 9 heteroatoms. The van der Waals surface area contributed by atoms with E-state index in [1.807, 2.05) is 0 Å². The van der Waals surface area contributed by atoms with Gasteiger partial charge in [-0.2, -0.15) is 0 Å². The van der Waals surface area contributed by atoms with Crippen molar-refractivity contribution in [2.45, 2.75) is 24.9 Å². The van der Waals surface area contributed by atoms with Crippen LogP contribution in [-0.2, 0) is 19.2 Å². The van der Waals surface area contributed by atoms with Crippen molar-refractivity contribution in [1.82, 2.24) is 5.32 Å². The fraction of sp³-hybridized carbons (Fsp3) is 0.500. The number of aliphatic carboxylic acids is 4. The first-order valence-corrected chi connectivity index (χ1v) is 4.31. The average molecular weight is 245 g/mol. The zero-order chi connectivity index (χ0) is 13.6. The molecule has 0 radical (unpaired) electrons. The van der Waals surface area contributed by atoms with E-state index in [0.29, 0.717) is 0 Å². The van der Waals surface area contributed by atoms with Crippen LogP contribution in [-0.4, -0.2) is 36.0 Å². The molecule has 0 rings (SSSR count). The van der Waals surface area contributed by atoms with Gasteiger partial charge in [-0.25, -0.2) is 0 Å². The number of hydrogen-bond donors (Lipinski definition) is 1. The van der Waals surface area contributed by atoms with E-state index in [1.165, 1.54) is 0 Å². The Labute approximate surface area is 94.7 Å². The van der Waals surface area contributed by atoms with Crippen molar-refractivity contribution in [2.75, 3.05) is 0 Å². The van der Waals surface area contributed by atoms with E-state index in [9.17, 15) is 39.6 Å². The summed E-state index contributed by atoms with van der Waals surface area (Å²) in [4.78, 5) is 41.2. The van der Waals surface area contributed by atoms with Crippen molar-refractivity contribution in [3.05, 3.63) is 0 Å². The SMILES string of the molecule is O=C([O-])CC(N[C@H](CC(=O)[O-])C(=O)[O-])C(=O)[O-]. The first kappa shape index (κ1) is 14.8. The second-order valence-electron chi connectivity index (χ2n) is 3.06. The molecule has 1 N–H and O–H groups in total. The van der Waals surface area contributed by atoms with Gasteiger partial charge in [-0.3, -0.25) is 0 Å². The topological polar surface area (TPSA) is 173 Å². The Kier molecular flexibility index (Phi) is 5.61. The summed E-state index contributed by atoms with van der Waals surface area (Å²) in [6, 6.07) is -3.80. The molecule has 2 atom stereocenters. The van der Waals surface area contributed by atoms with Crippen molar-refractivity contribution in [2.24, 2.45) is 0 Å². The molecule has 9 nitrogen and oxygen atoms in total. The highest BCUT2D eigenvalue weighted by Gasteiger charge is 2.17. The number of carbonyl (C=O) groups excluding carboxylic acids is 4. The lowest BCUT2D eigenvalue weighted by Crippen LogP contribution is -2.57. The fourth-order valence-electron chi connectivity index (χ4n) is 0.997. The average Bonchev–Trinajstić information content (AvgIpc) is 2.13. The number of carboxylic acid groups (broad SMARTS) is 4. The number of carbonyl (C=O) groups is 4. The van der Waals surface area contributed by atoms with Gasteiger partial charge in [-0.1, -0.05) is 0 Å². The molecule has 0 aliphatic carbocycles. The number of hydrogen-bond acceptors (Lipinski definition) is 9. The molecule has 0 aromatic rings. The molecule has 0 bridgehead atoms. The molecular formula is C8H7NO8-4. The molecule has 17 heavy (non-hydrogen) atoms. The van der Waals surface area contributed by atoms with Gasteiger partial charge in [0.05, 0.1) is 24.0 Å². The molecule has 96 valence electrons. The molecule has 0 aromatic heterocycles. The second kappa shape index (κ2) is 6.43. The van der Waals surface area contributed by atoms with Gasteiger partial charge in [0.25, 0.3) is 0 Å². The summed E-state index contributed by atoms with van der Waals surface area (Å²) in [6.45, 7) is 0. The molecule has 0 spiro atoms. The molecule has 1 unspecified atom stereocenters. The van der Waals surface area contributed by atoms with E-state index >= 15 is 0 Å². The van der Waals surface area contributed by atoms with Crippen LogP contribution in [0.15, 0.2) is 0 Å². The van der Waals surface area contributed by atoms with E-state index in [4.69, 9.17) is 0 Å². The van der Waals surface area contributed by atoms with E-state index in [2.05, 4.69) is 0 Å². The highest BCUT2D eigenvalue weighted by molar-refractivity contribution is 5.82. The molecule has 0 saturated carbocycles. The highest BCUT2D eigenvalue weighted by atomic mass is 16.4. The van der Waals surface area contributed by atoms with Crippen LogP contribution in [0, 0.1) is 0 Å². The minimum Gasteiger partial charge on any atom is -0.550 e. The Balaban J connectivity index is 4.67. The predicted octanol–water partition coefficient (Wildman–Crippen LogP) is -6.91. The summed E-state index contributed by atoms with van der Waals surface area (Å²) in [5, 5.41) is 42.9. The maximum Gasteiger partial charge on any atom is 0.0588 e. The Morgan fingerprint density at radius 3 is 1.24 bits per heavy atom. The van der Waals surface area contributed by atoms with Crippen molar-refractivity contribution in [3.63, 3.8) is 0 Å². The van der Waals surface area contributed by atoms with Crippen molar-refractivity contribution in [1.29, 1.82) is 0 Å². The zero-order valence-corrected chi connectivity index (χ0v) is 8.33. The Hall–Kier alpha value is -2.16. The van der Waals surface area contributed by atoms with Gasteiger partial charge < -0.3 is 44.9 Å². The molecule has 0 saturated heterocycles. The van der Waals surface area contributed by atoms with Crippen LogP contribution < -0.4 is 25.7 Å². The van der Waals surface area contributed by atoms with Gasteiger partial charge in [0, 0.05) is 24.8 Å². The third-order valence-corrected chi connectivity index (χ3v) is 1.71. The lowest BCUT2D eigenvalue weighted by Gasteiger charge is -2.27. The van der Waals surface area contributed by atoms with E-state index < -0.39 is 48.8 Å². The fourth-order valence-corrected chi connectivity index (χ4v) is 0.997. The molecule has 0 fully saturated rings. The standard InChI is InChI=1S/C8H11NO8/c10-5(11)1-3(7(14)15)9-4(8(16)17)2-6(12)13/h3-4,9H,1-2H2,(H,10,11)(H,12,13)(H,14,15)(H,16,17)/p-4/t3-,4?/m1/s1. The normalized spacial score (nSPS) is 13.6. The van der Waals surface area contributed by atoms with Crippen molar-refractivity contribution < 1.29 is 39.6 Å². The van der Waals surface area contributed by atoms with Crippen LogP contribution in [0.2, 0.25) is 0 Å². The van der Waals surface area contributed by atoms with E-state index in [0.717, 1.165) is 0 Å². The molecule has 0 amide bonds. The first-order chi connectivity index (χ1) is 7.73. The van der Waals surface area contributed by atoms with Crippen LogP contribution >= 0.6 is 0 Å². The second-order valence-corrected chi connectivity index (χ2v) is 3.06. The smallest absolute Gasteiger partial charge is 0.0588 e. The molecule has 0 aromatic carbocycles. The first-order valence-electron chi connectivity index (χ1n) is 4.31. The van der Waals surface area contributed by atoms with Crippen LogP contribution in [0.5, 0.6) is 0 Å².